The van der Waals surface area contributed by atoms with Gasteiger partial charge in [-0.25, -0.2) is 4.79 Å². The van der Waals surface area contributed by atoms with Crippen LogP contribution in [0.1, 0.15) is 0 Å². The number of carbonyl (C=O) groups is 2. The number of primary amides is 2. The zero-order chi connectivity index (χ0) is 14.1. The van der Waals surface area contributed by atoms with Gasteiger partial charge in [0, 0.05) is 17.8 Å². The van der Waals surface area contributed by atoms with Gasteiger partial charge in [0.05, 0.1) is 4.92 Å². The number of nitro groups is 1. The highest BCUT2D eigenvalue weighted by molar-refractivity contribution is 5.72. The normalized spacial score (nSPS) is 8.67. The summed E-state index contributed by atoms with van der Waals surface area (Å²) in [6.45, 7) is -0.211. The average Bonchev–Trinajstić information content (AvgIpc) is 2.26. The highest BCUT2D eigenvalue weighted by Crippen LogP contribution is 2.14. The molecule has 0 saturated carbocycles. The second-order valence-corrected chi connectivity index (χ2v) is 2.95. The van der Waals surface area contributed by atoms with Crippen LogP contribution in [0.25, 0.3) is 0 Å². The van der Waals surface area contributed by atoms with Crippen LogP contribution in [0.3, 0.4) is 0 Å². The van der Waals surface area contributed by atoms with Gasteiger partial charge in [-0.05, 0) is 12.1 Å². The minimum Gasteiger partial charge on any atom is -0.480 e. The molecule has 0 fully saturated rings. The largest absolute Gasteiger partial charge is 0.480 e. The first kappa shape index (κ1) is 15.2. The Morgan fingerprint density at radius 1 is 1.28 bits per heavy atom. The number of nitrogens with one attached hydrogen (secondary N) is 1. The molecule has 9 heteroatoms. The fourth-order valence-corrected chi connectivity index (χ4v) is 0.879. The van der Waals surface area contributed by atoms with Gasteiger partial charge in [-0.1, -0.05) is 0 Å². The van der Waals surface area contributed by atoms with Crippen LogP contribution in [0, 0.1) is 10.1 Å². The van der Waals surface area contributed by atoms with Crippen molar-refractivity contribution in [3.8, 4) is 0 Å². The molecule has 0 aliphatic rings. The first-order valence-corrected chi connectivity index (χ1v) is 4.58. The van der Waals surface area contributed by atoms with Gasteiger partial charge < -0.3 is 21.9 Å². The van der Waals surface area contributed by atoms with Crippen LogP contribution in [0.15, 0.2) is 24.3 Å². The first-order valence-electron chi connectivity index (χ1n) is 4.58. The van der Waals surface area contributed by atoms with Crippen molar-refractivity contribution in [2.75, 3.05) is 11.9 Å². The van der Waals surface area contributed by atoms with E-state index in [-0.39, 0.29) is 12.2 Å². The number of nitrogens with two attached hydrogens (primary N) is 2. The van der Waals surface area contributed by atoms with Crippen molar-refractivity contribution in [3.63, 3.8) is 0 Å². The lowest BCUT2D eigenvalue weighted by molar-refractivity contribution is -0.384. The number of anilines is 1. The summed E-state index contributed by atoms with van der Waals surface area (Å²) in [7, 11) is 0. The SMILES string of the molecule is NC(N)=O.O=C(O)CNc1ccc([N+](=O)[O-])cc1. The number of carboxylic acid groups (broad SMARTS) is 1. The number of carboxylic acids is 1. The van der Waals surface area contributed by atoms with Crippen LogP contribution >= 0.6 is 0 Å². The summed E-state index contributed by atoms with van der Waals surface area (Å²) >= 11 is 0. The number of hydrogen-bond donors (Lipinski definition) is 4. The molecular formula is C9H12N4O5. The molecule has 98 valence electrons. The van der Waals surface area contributed by atoms with E-state index in [2.05, 4.69) is 16.8 Å². The Labute approximate surface area is 102 Å². The lowest BCUT2D eigenvalue weighted by Crippen LogP contribution is -2.18. The Morgan fingerprint density at radius 2 is 1.72 bits per heavy atom. The smallest absolute Gasteiger partial charge is 0.322 e. The molecule has 0 unspecified atom stereocenters. The highest BCUT2D eigenvalue weighted by Gasteiger charge is 2.03. The minimum absolute atomic E-state index is 0.0223. The van der Waals surface area contributed by atoms with Crippen molar-refractivity contribution < 1.29 is 19.6 Å². The third kappa shape index (κ3) is 7.45. The first-order chi connectivity index (χ1) is 8.32. The van der Waals surface area contributed by atoms with E-state index in [0.29, 0.717) is 5.69 Å². The molecule has 0 aliphatic heterocycles. The number of rotatable bonds is 4. The number of aliphatic carboxylic acids is 1. The van der Waals surface area contributed by atoms with E-state index in [1.54, 1.807) is 0 Å². The summed E-state index contributed by atoms with van der Waals surface area (Å²) in [6, 6.07) is 4.70. The Kier molecular flexibility index (Phi) is 6.26. The fourth-order valence-electron chi connectivity index (χ4n) is 0.879. The van der Waals surface area contributed by atoms with Crippen molar-refractivity contribution in [1.82, 2.24) is 0 Å². The summed E-state index contributed by atoms with van der Waals surface area (Å²) < 4.78 is 0. The Balaban J connectivity index is 0.000000631. The van der Waals surface area contributed by atoms with Gasteiger partial charge in [0.2, 0.25) is 0 Å². The Bertz CT molecular complexity index is 427. The van der Waals surface area contributed by atoms with E-state index in [0.717, 1.165) is 0 Å². The minimum atomic E-state index is -0.983. The second kappa shape index (κ2) is 7.44. The molecule has 1 aromatic rings. The van der Waals surface area contributed by atoms with Crippen molar-refractivity contribution in [1.29, 1.82) is 0 Å². The lowest BCUT2D eigenvalue weighted by atomic mass is 10.3. The number of hydrogen-bond acceptors (Lipinski definition) is 5. The van der Waals surface area contributed by atoms with E-state index in [4.69, 9.17) is 9.90 Å². The number of carbonyl (C=O) groups excluding carboxylic acids is 1. The van der Waals surface area contributed by atoms with Crippen molar-refractivity contribution >= 4 is 23.4 Å². The molecule has 1 aromatic carbocycles. The van der Waals surface area contributed by atoms with Crippen LogP contribution < -0.4 is 16.8 Å². The van der Waals surface area contributed by atoms with Crippen LogP contribution in [0.5, 0.6) is 0 Å². The second-order valence-electron chi connectivity index (χ2n) is 2.95. The summed E-state index contributed by atoms with van der Waals surface area (Å²) in [5.74, 6) is -0.983. The molecule has 0 bridgehead atoms. The molecule has 2 amide bonds. The predicted octanol–water partition coefficient (Wildman–Crippen LogP) is 0.115. The quantitative estimate of drug-likeness (QED) is 0.441. The summed E-state index contributed by atoms with van der Waals surface area (Å²) in [5, 5.41) is 21.2. The zero-order valence-electron chi connectivity index (χ0n) is 9.20. The van der Waals surface area contributed by atoms with Crippen molar-refractivity contribution in [3.05, 3.63) is 34.4 Å². The van der Waals surface area contributed by atoms with Crippen LogP contribution in [0.2, 0.25) is 0 Å². The third-order valence-corrected chi connectivity index (χ3v) is 1.52. The van der Waals surface area contributed by atoms with Crippen molar-refractivity contribution in [2.45, 2.75) is 0 Å². The maximum atomic E-state index is 10.3. The molecule has 0 saturated heterocycles. The van der Waals surface area contributed by atoms with Gasteiger partial charge in [-0.2, -0.15) is 0 Å². The van der Waals surface area contributed by atoms with Crippen LogP contribution in [-0.4, -0.2) is 28.6 Å². The summed E-state index contributed by atoms with van der Waals surface area (Å²) in [5.41, 5.74) is 9.02. The van der Waals surface area contributed by atoms with Gasteiger partial charge in [0.25, 0.3) is 5.69 Å². The van der Waals surface area contributed by atoms with Gasteiger partial charge in [-0.3, -0.25) is 14.9 Å². The van der Waals surface area contributed by atoms with Crippen LogP contribution in [0.4, 0.5) is 16.2 Å². The molecule has 0 aliphatic carbocycles. The van der Waals surface area contributed by atoms with E-state index < -0.39 is 16.9 Å². The highest BCUT2D eigenvalue weighted by atomic mass is 16.6. The maximum Gasteiger partial charge on any atom is 0.322 e. The fraction of sp³-hybridized carbons (Fsp3) is 0.111. The number of non-ortho nitro benzene ring substituents is 1. The Hall–Kier alpha value is -2.84. The molecule has 6 N–H and O–H groups in total. The molecule has 1 rings (SSSR count). The predicted molar refractivity (Wildman–Crippen MR) is 63.0 cm³/mol. The monoisotopic (exact) mass is 256 g/mol. The zero-order valence-corrected chi connectivity index (χ0v) is 9.20. The van der Waals surface area contributed by atoms with Gasteiger partial charge in [0.15, 0.2) is 0 Å². The summed E-state index contributed by atoms with van der Waals surface area (Å²) in [6.07, 6.45) is 0. The topological polar surface area (TPSA) is 162 Å². The van der Waals surface area contributed by atoms with E-state index >= 15 is 0 Å². The Morgan fingerprint density at radius 3 is 2.06 bits per heavy atom. The molecule has 0 aromatic heterocycles. The molecular weight excluding hydrogens is 244 g/mol. The standard InChI is InChI=1S/C8H8N2O4.CH4N2O/c11-8(12)5-9-6-1-3-7(4-2-6)10(13)14;2-1(3)4/h1-4,9H,5H2,(H,11,12);(H4,2,3,4). The average molecular weight is 256 g/mol. The van der Waals surface area contributed by atoms with Gasteiger partial charge >= 0.3 is 12.0 Å². The third-order valence-electron chi connectivity index (χ3n) is 1.52. The van der Waals surface area contributed by atoms with E-state index in [1.165, 1.54) is 24.3 Å². The number of benzene rings is 1. The molecule has 0 spiro atoms. The molecule has 0 atom stereocenters. The summed E-state index contributed by atoms with van der Waals surface area (Å²) in [4.78, 5) is 28.9. The molecule has 18 heavy (non-hydrogen) atoms. The maximum absolute atomic E-state index is 10.3. The number of nitro benzene ring substituents is 1. The van der Waals surface area contributed by atoms with E-state index in [1.807, 2.05) is 0 Å². The number of urea groups is 1. The molecule has 0 radical (unpaired) electrons. The number of nitrogens with zero attached hydrogens (tertiary/aromatic N) is 1. The van der Waals surface area contributed by atoms with Crippen molar-refractivity contribution in [2.24, 2.45) is 11.5 Å². The van der Waals surface area contributed by atoms with Gasteiger partial charge in [0.1, 0.15) is 6.54 Å². The lowest BCUT2D eigenvalue weighted by Gasteiger charge is -2.01. The van der Waals surface area contributed by atoms with E-state index in [9.17, 15) is 14.9 Å². The van der Waals surface area contributed by atoms with Crippen LogP contribution in [-0.2, 0) is 4.79 Å². The van der Waals surface area contributed by atoms with Gasteiger partial charge in [-0.15, -0.1) is 0 Å². The molecule has 0 heterocycles. The molecule has 9 nitrogen and oxygen atoms in total. The number of amides is 2.